The van der Waals surface area contributed by atoms with Crippen molar-refractivity contribution in [2.45, 2.75) is 39.7 Å². The number of hydrogen-bond donors (Lipinski definition) is 0. The number of benzene rings is 2. The van der Waals surface area contributed by atoms with Crippen LogP contribution < -0.4 is 5.56 Å². The average Bonchev–Trinajstić information content (AvgIpc) is 3.08. The Hall–Kier alpha value is -3.26. The Morgan fingerprint density at radius 3 is 2.73 bits per heavy atom. The smallest absolute Gasteiger partial charge is 0.325 e. The number of halogens is 1. The second-order valence-corrected chi connectivity index (χ2v) is 8.90. The number of methoxy groups -OCH3 is 1. The third-order valence-corrected chi connectivity index (χ3v) is 6.48. The van der Waals surface area contributed by atoms with Crippen LogP contribution >= 0.6 is 15.9 Å². The second kappa shape index (κ2) is 9.31. The van der Waals surface area contributed by atoms with Crippen molar-refractivity contribution in [3.05, 3.63) is 74.4 Å². The van der Waals surface area contributed by atoms with Gasteiger partial charge in [0.05, 0.1) is 24.2 Å². The van der Waals surface area contributed by atoms with Gasteiger partial charge in [-0.05, 0) is 37.6 Å². The van der Waals surface area contributed by atoms with Gasteiger partial charge in [0.15, 0.2) is 0 Å². The first-order chi connectivity index (χ1) is 15.8. The lowest BCUT2D eigenvalue weighted by Gasteiger charge is -2.14. The highest BCUT2D eigenvalue weighted by Crippen LogP contribution is 2.25. The van der Waals surface area contributed by atoms with Crippen LogP contribution in [0.2, 0.25) is 0 Å². The minimum atomic E-state index is -0.332. The molecule has 1 atom stereocenters. The molecule has 0 aliphatic rings. The molecule has 0 radical (unpaired) electrons. The Kier molecular flexibility index (Phi) is 6.47. The first kappa shape index (κ1) is 22.9. The molecule has 0 aliphatic carbocycles. The number of aromatic nitrogens is 3. The lowest BCUT2D eigenvalue weighted by atomic mass is 10.1. The molecule has 0 fully saturated rings. The van der Waals surface area contributed by atoms with Gasteiger partial charge in [0.1, 0.15) is 12.4 Å². The number of carbonyl (C=O) groups excluding carboxylic acids is 1. The highest BCUT2D eigenvalue weighted by atomic mass is 79.9. The van der Waals surface area contributed by atoms with Gasteiger partial charge >= 0.3 is 5.97 Å². The standard InChI is InChI=1S/C25H25BrN4O3/c1-5-15(2)24-28-21-11-10-17(26)12-19(21)25(32)30(24)27-13-20-16(3)29(14-23(31)33-4)22-9-7-6-8-18(20)22/h6-13,15H,5,14H2,1-4H3/t15-/m1/s1. The van der Waals surface area contributed by atoms with Crippen LogP contribution in [0.4, 0.5) is 0 Å². The van der Waals surface area contributed by atoms with Crippen molar-refractivity contribution in [3.8, 4) is 0 Å². The first-order valence-corrected chi connectivity index (χ1v) is 11.6. The fraction of sp³-hybridized carbons (Fsp3) is 0.280. The maximum atomic E-state index is 13.4. The summed E-state index contributed by atoms with van der Waals surface area (Å²) in [5.74, 6) is 0.330. The number of fused-ring (bicyclic) bond motifs is 2. The molecule has 170 valence electrons. The van der Waals surface area contributed by atoms with Crippen LogP contribution in [0, 0.1) is 6.92 Å². The van der Waals surface area contributed by atoms with E-state index in [9.17, 15) is 9.59 Å². The fourth-order valence-corrected chi connectivity index (χ4v) is 4.27. The van der Waals surface area contributed by atoms with E-state index < -0.39 is 0 Å². The van der Waals surface area contributed by atoms with E-state index in [4.69, 9.17) is 9.72 Å². The SMILES string of the molecule is CC[C@@H](C)c1nc2ccc(Br)cc2c(=O)n1N=Cc1c(C)n(CC(=O)OC)c2ccccc12. The highest BCUT2D eigenvalue weighted by Gasteiger charge is 2.18. The van der Waals surface area contributed by atoms with Crippen LogP contribution in [0.3, 0.4) is 0 Å². The third-order valence-electron chi connectivity index (χ3n) is 5.98. The topological polar surface area (TPSA) is 78.5 Å². The van der Waals surface area contributed by atoms with Crippen molar-refractivity contribution in [3.63, 3.8) is 0 Å². The van der Waals surface area contributed by atoms with Gasteiger partial charge in [0.25, 0.3) is 5.56 Å². The maximum Gasteiger partial charge on any atom is 0.325 e. The largest absolute Gasteiger partial charge is 0.468 e. The second-order valence-electron chi connectivity index (χ2n) is 7.98. The van der Waals surface area contributed by atoms with E-state index in [1.807, 2.05) is 54.8 Å². The van der Waals surface area contributed by atoms with Crippen LogP contribution in [-0.2, 0) is 16.1 Å². The lowest BCUT2D eigenvalue weighted by Crippen LogP contribution is -2.23. The Balaban J connectivity index is 1.92. The van der Waals surface area contributed by atoms with Crippen LogP contribution in [0.5, 0.6) is 0 Å². The number of rotatable bonds is 6. The number of esters is 1. The number of nitrogens with zero attached hydrogens (tertiary/aromatic N) is 4. The van der Waals surface area contributed by atoms with Crippen LogP contribution in [0.15, 0.2) is 56.8 Å². The van der Waals surface area contributed by atoms with E-state index in [-0.39, 0.29) is 24.0 Å². The summed E-state index contributed by atoms with van der Waals surface area (Å²) in [5, 5.41) is 6.06. The monoisotopic (exact) mass is 508 g/mol. The number of para-hydroxylation sites is 1. The Morgan fingerprint density at radius 1 is 1.24 bits per heavy atom. The molecule has 0 aliphatic heterocycles. The average molecular weight is 509 g/mol. The van der Waals surface area contributed by atoms with Crippen LogP contribution in [0.25, 0.3) is 21.8 Å². The summed E-state index contributed by atoms with van der Waals surface area (Å²) in [6.45, 7) is 6.12. The summed E-state index contributed by atoms with van der Waals surface area (Å²) < 4.78 is 8.97. The minimum absolute atomic E-state index is 0.0460. The summed E-state index contributed by atoms with van der Waals surface area (Å²) in [7, 11) is 1.37. The molecule has 0 saturated heterocycles. The number of carbonyl (C=O) groups is 1. The summed E-state index contributed by atoms with van der Waals surface area (Å²) >= 11 is 3.44. The summed E-state index contributed by atoms with van der Waals surface area (Å²) in [4.78, 5) is 30.1. The summed E-state index contributed by atoms with van der Waals surface area (Å²) in [6.07, 6.45) is 2.51. The molecule has 0 spiro atoms. The van der Waals surface area contributed by atoms with Gasteiger partial charge in [-0.1, -0.05) is 48.0 Å². The number of hydrogen-bond acceptors (Lipinski definition) is 5. The Bertz CT molecular complexity index is 1450. The van der Waals surface area contributed by atoms with Crippen LogP contribution in [0.1, 0.15) is 43.3 Å². The molecule has 33 heavy (non-hydrogen) atoms. The van der Waals surface area contributed by atoms with E-state index in [1.165, 1.54) is 11.8 Å². The zero-order valence-electron chi connectivity index (χ0n) is 19.0. The van der Waals surface area contributed by atoms with Gasteiger partial charge in [0, 0.05) is 32.6 Å². The van der Waals surface area contributed by atoms with Gasteiger partial charge in [0.2, 0.25) is 0 Å². The van der Waals surface area contributed by atoms with E-state index in [2.05, 4.69) is 28.0 Å². The molecule has 2 aromatic heterocycles. The molecule has 0 N–H and O–H groups in total. The predicted octanol–water partition coefficient (Wildman–Crippen LogP) is 4.99. The summed E-state index contributed by atoms with van der Waals surface area (Å²) in [6, 6.07) is 13.3. The highest BCUT2D eigenvalue weighted by molar-refractivity contribution is 9.10. The molecular formula is C25H25BrN4O3. The van der Waals surface area contributed by atoms with Crippen molar-refractivity contribution in [2.24, 2.45) is 5.10 Å². The van der Waals surface area contributed by atoms with Gasteiger partial charge in [-0.25, -0.2) is 4.98 Å². The van der Waals surface area contributed by atoms with Gasteiger partial charge in [-0.15, -0.1) is 0 Å². The van der Waals surface area contributed by atoms with Crippen LogP contribution in [-0.4, -0.2) is 33.5 Å². The predicted molar refractivity (Wildman–Crippen MR) is 134 cm³/mol. The Labute approximate surface area is 199 Å². The zero-order valence-corrected chi connectivity index (χ0v) is 20.6. The zero-order chi connectivity index (χ0) is 23.7. The molecule has 7 nitrogen and oxygen atoms in total. The molecule has 4 aromatic rings. The van der Waals surface area contributed by atoms with E-state index in [0.29, 0.717) is 16.7 Å². The summed E-state index contributed by atoms with van der Waals surface area (Å²) in [5.41, 5.74) is 3.03. The van der Waals surface area contributed by atoms with E-state index in [0.717, 1.165) is 33.1 Å². The van der Waals surface area contributed by atoms with Crippen molar-refractivity contribution >= 4 is 49.9 Å². The molecule has 0 saturated carbocycles. The van der Waals surface area contributed by atoms with Crippen molar-refractivity contribution in [1.82, 2.24) is 14.2 Å². The molecule has 4 rings (SSSR count). The maximum absolute atomic E-state index is 13.4. The molecule has 8 heteroatoms. The minimum Gasteiger partial charge on any atom is -0.468 e. The molecule has 0 unspecified atom stereocenters. The van der Waals surface area contributed by atoms with E-state index in [1.54, 1.807) is 12.3 Å². The lowest BCUT2D eigenvalue weighted by molar-refractivity contribution is -0.141. The molecule has 0 bridgehead atoms. The van der Waals surface area contributed by atoms with Gasteiger partial charge in [-0.3, -0.25) is 9.59 Å². The van der Waals surface area contributed by atoms with E-state index >= 15 is 0 Å². The Morgan fingerprint density at radius 2 is 2.00 bits per heavy atom. The molecule has 2 heterocycles. The van der Waals surface area contributed by atoms with Gasteiger partial charge < -0.3 is 9.30 Å². The van der Waals surface area contributed by atoms with Crippen molar-refractivity contribution in [2.75, 3.05) is 7.11 Å². The normalized spacial score (nSPS) is 12.6. The fourth-order valence-electron chi connectivity index (χ4n) is 3.91. The first-order valence-electron chi connectivity index (χ1n) is 10.8. The molecular weight excluding hydrogens is 484 g/mol. The molecule has 2 aromatic carbocycles. The number of ether oxygens (including phenoxy) is 1. The van der Waals surface area contributed by atoms with Gasteiger partial charge in [-0.2, -0.15) is 9.78 Å². The van der Waals surface area contributed by atoms with Crippen molar-refractivity contribution < 1.29 is 9.53 Å². The quantitative estimate of drug-likeness (QED) is 0.271. The third kappa shape index (κ3) is 4.23. The van der Waals surface area contributed by atoms with Crippen molar-refractivity contribution in [1.29, 1.82) is 0 Å². The molecule has 0 amide bonds.